The van der Waals surface area contributed by atoms with Crippen molar-refractivity contribution < 1.29 is 4.79 Å². The second kappa shape index (κ2) is 6.47. The summed E-state index contributed by atoms with van der Waals surface area (Å²) in [5, 5.41) is 0. The SMILES string of the molecule is Cc1nc(C(=O)N2CCCCC2)cc(N2c3ccccc3CC2C)n1. The quantitative estimate of drug-likeness (QED) is 0.842. The Morgan fingerprint density at radius 2 is 1.88 bits per heavy atom. The second-order valence-corrected chi connectivity index (χ2v) is 7.06. The molecule has 1 unspecified atom stereocenters. The molecule has 3 heterocycles. The Hall–Kier alpha value is -2.43. The van der Waals surface area contributed by atoms with Crippen LogP contribution >= 0.6 is 0 Å². The Labute approximate surface area is 148 Å². The maximum Gasteiger partial charge on any atom is 0.272 e. The first-order valence-corrected chi connectivity index (χ1v) is 9.15. The number of carbonyl (C=O) groups excluding carboxylic acids is 1. The van der Waals surface area contributed by atoms with Crippen molar-refractivity contribution in [1.82, 2.24) is 14.9 Å². The van der Waals surface area contributed by atoms with Gasteiger partial charge >= 0.3 is 0 Å². The number of rotatable bonds is 2. The molecule has 0 bridgehead atoms. The number of aryl methyl sites for hydroxylation is 1. The molecular weight excluding hydrogens is 312 g/mol. The van der Waals surface area contributed by atoms with Crippen LogP contribution in [-0.2, 0) is 6.42 Å². The normalized spacial score (nSPS) is 19.8. The predicted molar refractivity (Wildman–Crippen MR) is 98.3 cm³/mol. The van der Waals surface area contributed by atoms with Gasteiger partial charge in [-0.3, -0.25) is 4.79 Å². The molecular formula is C20H24N4O. The van der Waals surface area contributed by atoms with E-state index >= 15 is 0 Å². The summed E-state index contributed by atoms with van der Waals surface area (Å²) in [5.41, 5.74) is 3.03. The highest BCUT2D eigenvalue weighted by atomic mass is 16.2. The highest BCUT2D eigenvalue weighted by molar-refractivity contribution is 5.93. The molecule has 5 nitrogen and oxygen atoms in total. The Morgan fingerprint density at radius 3 is 2.68 bits per heavy atom. The molecule has 1 amide bonds. The molecule has 0 spiro atoms. The van der Waals surface area contributed by atoms with Crippen molar-refractivity contribution in [2.75, 3.05) is 18.0 Å². The summed E-state index contributed by atoms with van der Waals surface area (Å²) in [5.74, 6) is 1.51. The number of hydrogen-bond acceptors (Lipinski definition) is 4. The molecule has 1 aromatic heterocycles. The van der Waals surface area contributed by atoms with E-state index in [0.717, 1.165) is 38.2 Å². The lowest BCUT2D eigenvalue weighted by molar-refractivity contribution is 0.0718. The van der Waals surface area contributed by atoms with Crippen LogP contribution in [0.3, 0.4) is 0 Å². The number of hydrogen-bond donors (Lipinski definition) is 0. The van der Waals surface area contributed by atoms with E-state index in [9.17, 15) is 4.79 Å². The zero-order valence-electron chi connectivity index (χ0n) is 14.9. The van der Waals surface area contributed by atoms with E-state index in [2.05, 4.69) is 46.1 Å². The monoisotopic (exact) mass is 336 g/mol. The molecule has 0 radical (unpaired) electrons. The average molecular weight is 336 g/mol. The number of aromatic nitrogens is 2. The number of piperidine rings is 1. The number of fused-ring (bicyclic) bond motifs is 1. The molecule has 1 aromatic carbocycles. The van der Waals surface area contributed by atoms with E-state index in [4.69, 9.17) is 0 Å². The van der Waals surface area contributed by atoms with E-state index in [-0.39, 0.29) is 5.91 Å². The number of carbonyl (C=O) groups is 1. The van der Waals surface area contributed by atoms with Gasteiger partial charge in [-0.2, -0.15) is 0 Å². The van der Waals surface area contributed by atoms with Crippen LogP contribution in [-0.4, -0.2) is 39.9 Å². The average Bonchev–Trinajstić information content (AvgIpc) is 2.97. The highest BCUT2D eigenvalue weighted by Crippen LogP contribution is 2.37. The van der Waals surface area contributed by atoms with Gasteiger partial charge in [0, 0.05) is 30.9 Å². The number of benzene rings is 1. The third-order valence-electron chi connectivity index (χ3n) is 5.14. The zero-order chi connectivity index (χ0) is 17.4. The van der Waals surface area contributed by atoms with Gasteiger partial charge in [-0.05, 0) is 51.2 Å². The lowest BCUT2D eigenvalue weighted by atomic mass is 10.1. The van der Waals surface area contributed by atoms with Crippen LogP contribution in [0.1, 0.15) is 48.1 Å². The molecule has 1 fully saturated rings. The van der Waals surface area contributed by atoms with Crippen LogP contribution in [0.5, 0.6) is 0 Å². The Balaban J connectivity index is 1.69. The first-order valence-electron chi connectivity index (χ1n) is 9.15. The fourth-order valence-electron chi connectivity index (χ4n) is 3.96. The van der Waals surface area contributed by atoms with Crippen LogP contribution in [0.25, 0.3) is 0 Å². The van der Waals surface area contributed by atoms with Crippen LogP contribution in [0, 0.1) is 6.92 Å². The molecule has 130 valence electrons. The Bertz CT molecular complexity index is 798. The maximum atomic E-state index is 12.9. The molecule has 0 aliphatic carbocycles. The molecule has 0 N–H and O–H groups in total. The van der Waals surface area contributed by atoms with E-state index in [1.54, 1.807) is 0 Å². The van der Waals surface area contributed by atoms with E-state index < -0.39 is 0 Å². The van der Waals surface area contributed by atoms with Gasteiger partial charge in [0.2, 0.25) is 0 Å². The molecule has 4 rings (SSSR count). The van der Waals surface area contributed by atoms with Gasteiger partial charge in [0.05, 0.1) is 0 Å². The topological polar surface area (TPSA) is 49.3 Å². The van der Waals surface area contributed by atoms with Crippen molar-refractivity contribution >= 4 is 17.4 Å². The molecule has 1 saturated heterocycles. The predicted octanol–water partition coefficient (Wildman–Crippen LogP) is 3.49. The van der Waals surface area contributed by atoms with Crippen LogP contribution in [0.15, 0.2) is 30.3 Å². The first-order chi connectivity index (χ1) is 12.1. The van der Waals surface area contributed by atoms with Crippen molar-refractivity contribution in [2.24, 2.45) is 0 Å². The third kappa shape index (κ3) is 2.99. The van der Waals surface area contributed by atoms with E-state index in [1.165, 1.54) is 17.7 Å². The smallest absolute Gasteiger partial charge is 0.272 e. The zero-order valence-corrected chi connectivity index (χ0v) is 14.9. The number of likely N-dealkylation sites (tertiary alicyclic amines) is 1. The lowest BCUT2D eigenvalue weighted by Gasteiger charge is -2.27. The number of anilines is 2. The van der Waals surface area contributed by atoms with Crippen LogP contribution in [0.4, 0.5) is 11.5 Å². The van der Waals surface area contributed by atoms with Crippen molar-refractivity contribution in [2.45, 2.75) is 45.6 Å². The van der Waals surface area contributed by atoms with Gasteiger partial charge in [-0.1, -0.05) is 18.2 Å². The minimum Gasteiger partial charge on any atom is -0.337 e. The van der Waals surface area contributed by atoms with Crippen molar-refractivity contribution in [3.63, 3.8) is 0 Å². The fourth-order valence-corrected chi connectivity index (χ4v) is 3.96. The van der Waals surface area contributed by atoms with E-state index in [0.29, 0.717) is 17.6 Å². The first kappa shape index (κ1) is 16.1. The van der Waals surface area contributed by atoms with Gasteiger partial charge in [-0.15, -0.1) is 0 Å². The molecule has 1 atom stereocenters. The lowest BCUT2D eigenvalue weighted by Crippen LogP contribution is -2.36. The van der Waals surface area contributed by atoms with Crippen LogP contribution in [0.2, 0.25) is 0 Å². The van der Waals surface area contributed by atoms with Gasteiger partial charge in [-0.25, -0.2) is 9.97 Å². The minimum atomic E-state index is 0.0339. The number of amides is 1. The third-order valence-corrected chi connectivity index (χ3v) is 5.14. The highest BCUT2D eigenvalue weighted by Gasteiger charge is 2.29. The van der Waals surface area contributed by atoms with Gasteiger partial charge in [0.1, 0.15) is 17.3 Å². The fraction of sp³-hybridized carbons (Fsp3) is 0.450. The van der Waals surface area contributed by atoms with E-state index in [1.807, 2.05) is 17.9 Å². The Morgan fingerprint density at radius 1 is 1.12 bits per heavy atom. The van der Waals surface area contributed by atoms with Crippen molar-refractivity contribution in [3.05, 3.63) is 47.4 Å². The van der Waals surface area contributed by atoms with Crippen molar-refractivity contribution in [1.29, 1.82) is 0 Å². The maximum absolute atomic E-state index is 12.9. The largest absolute Gasteiger partial charge is 0.337 e. The second-order valence-electron chi connectivity index (χ2n) is 7.06. The van der Waals surface area contributed by atoms with Crippen LogP contribution < -0.4 is 4.90 Å². The number of para-hydroxylation sites is 1. The summed E-state index contributed by atoms with van der Waals surface area (Å²) in [6, 6.07) is 10.6. The standard InChI is InChI=1S/C20H24N4O/c1-14-12-16-8-4-5-9-18(16)24(14)19-13-17(21-15(2)22-19)20(25)23-10-6-3-7-11-23/h4-5,8-9,13-14H,3,6-7,10-12H2,1-2H3. The molecule has 2 aliphatic heterocycles. The molecule has 0 saturated carbocycles. The summed E-state index contributed by atoms with van der Waals surface area (Å²) in [6.45, 7) is 5.73. The summed E-state index contributed by atoms with van der Waals surface area (Å²) >= 11 is 0. The van der Waals surface area contributed by atoms with Gasteiger partial charge < -0.3 is 9.80 Å². The molecule has 2 aliphatic rings. The minimum absolute atomic E-state index is 0.0339. The molecule has 25 heavy (non-hydrogen) atoms. The molecule has 5 heteroatoms. The number of nitrogens with zero attached hydrogens (tertiary/aromatic N) is 4. The summed E-state index contributed by atoms with van der Waals surface area (Å²) in [6.07, 6.45) is 4.37. The van der Waals surface area contributed by atoms with Gasteiger partial charge in [0.25, 0.3) is 5.91 Å². The van der Waals surface area contributed by atoms with Gasteiger partial charge in [0.15, 0.2) is 0 Å². The summed E-state index contributed by atoms with van der Waals surface area (Å²) in [7, 11) is 0. The Kier molecular flexibility index (Phi) is 4.15. The molecule has 2 aromatic rings. The van der Waals surface area contributed by atoms with Crippen molar-refractivity contribution in [3.8, 4) is 0 Å². The summed E-state index contributed by atoms with van der Waals surface area (Å²) < 4.78 is 0. The summed E-state index contributed by atoms with van der Waals surface area (Å²) in [4.78, 5) is 26.1.